The summed E-state index contributed by atoms with van der Waals surface area (Å²) in [6.07, 6.45) is 4.51. The normalized spacial score (nSPS) is 12.2. The molecule has 0 N–H and O–H groups in total. The quantitative estimate of drug-likeness (QED) is 0.359. The molecule has 7 nitrogen and oxygen atoms in total. The molecular formula is C18H23N5O2. The van der Waals surface area contributed by atoms with Crippen molar-refractivity contribution in [2.45, 2.75) is 27.7 Å². The minimum absolute atomic E-state index is 0.149. The van der Waals surface area contributed by atoms with E-state index in [9.17, 15) is 9.59 Å². The molecule has 2 heterocycles. The summed E-state index contributed by atoms with van der Waals surface area (Å²) >= 11 is 0. The molecule has 132 valence electrons. The van der Waals surface area contributed by atoms with E-state index in [1.165, 1.54) is 17.3 Å². The van der Waals surface area contributed by atoms with Crippen molar-refractivity contribution in [2.24, 2.45) is 5.41 Å². The molecule has 0 unspecified atom stereocenters. The minimum atomic E-state index is -0.653. The van der Waals surface area contributed by atoms with E-state index in [0.717, 1.165) is 0 Å². The van der Waals surface area contributed by atoms with Gasteiger partial charge in [0.15, 0.2) is 17.4 Å². The molecule has 0 aromatic carbocycles. The predicted octanol–water partition coefficient (Wildman–Crippen LogP) is 2.21. The van der Waals surface area contributed by atoms with Crippen LogP contribution in [0.1, 0.15) is 36.8 Å². The summed E-state index contributed by atoms with van der Waals surface area (Å²) in [6.45, 7) is 7.13. The lowest BCUT2D eigenvalue weighted by Crippen LogP contribution is -2.28. The maximum Gasteiger partial charge on any atom is 0.199 e. The zero-order chi connectivity index (χ0) is 18.8. The first kappa shape index (κ1) is 18.5. The average Bonchev–Trinajstić information content (AvgIpc) is 3.04. The Labute approximate surface area is 147 Å². The molecule has 25 heavy (non-hydrogen) atoms. The lowest BCUT2D eigenvalue weighted by molar-refractivity contribution is -0.122. The molecular weight excluding hydrogens is 318 g/mol. The Kier molecular flexibility index (Phi) is 5.15. The number of carbonyl (C=O) groups excluding carboxylic acids is 2. The summed E-state index contributed by atoms with van der Waals surface area (Å²) in [5.41, 5.74) is 0.425. The van der Waals surface area contributed by atoms with Crippen molar-refractivity contribution in [3.8, 4) is 5.82 Å². The summed E-state index contributed by atoms with van der Waals surface area (Å²) in [7, 11) is 3.56. The fraction of sp³-hybridized carbons (Fsp3) is 0.389. The standard InChI is InChI=1S/C18H23N5O2/c1-12-13(7-8-15(21-12)23-11-19-10-20-23)16(24)14(9-22(5)6)17(25)18(2,3)4/h7-11H,1-6H3/b14-9+. The van der Waals surface area contributed by atoms with E-state index in [1.54, 1.807) is 65.0 Å². The van der Waals surface area contributed by atoms with Gasteiger partial charge in [-0.1, -0.05) is 20.8 Å². The predicted molar refractivity (Wildman–Crippen MR) is 94.5 cm³/mol. The third-order valence-corrected chi connectivity index (χ3v) is 3.53. The highest BCUT2D eigenvalue weighted by atomic mass is 16.2. The number of carbonyl (C=O) groups is 2. The van der Waals surface area contributed by atoms with Crippen molar-refractivity contribution in [3.63, 3.8) is 0 Å². The van der Waals surface area contributed by atoms with E-state index in [2.05, 4.69) is 15.1 Å². The maximum absolute atomic E-state index is 13.0. The highest BCUT2D eigenvalue weighted by molar-refractivity contribution is 6.27. The Morgan fingerprint density at radius 2 is 1.88 bits per heavy atom. The van der Waals surface area contributed by atoms with Crippen molar-refractivity contribution < 1.29 is 9.59 Å². The van der Waals surface area contributed by atoms with Gasteiger partial charge in [-0.15, -0.1) is 0 Å². The van der Waals surface area contributed by atoms with E-state index >= 15 is 0 Å². The van der Waals surface area contributed by atoms with Crippen LogP contribution in [0.2, 0.25) is 0 Å². The zero-order valence-electron chi connectivity index (χ0n) is 15.4. The van der Waals surface area contributed by atoms with Crippen molar-refractivity contribution in [2.75, 3.05) is 14.1 Å². The molecule has 0 spiro atoms. The van der Waals surface area contributed by atoms with Gasteiger partial charge < -0.3 is 4.90 Å². The second-order valence-electron chi connectivity index (χ2n) is 7.06. The Hall–Kier alpha value is -2.83. The molecule has 0 fully saturated rings. The van der Waals surface area contributed by atoms with Crippen LogP contribution in [0, 0.1) is 12.3 Å². The molecule has 0 saturated carbocycles. The van der Waals surface area contributed by atoms with E-state index in [-0.39, 0.29) is 17.1 Å². The third kappa shape index (κ3) is 4.17. The third-order valence-electron chi connectivity index (χ3n) is 3.53. The number of aromatic nitrogens is 4. The maximum atomic E-state index is 13.0. The van der Waals surface area contributed by atoms with E-state index in [4.69, 9.17) is 0 Å². The van der Waals surface area contributed by atoms with Gasteiger partial charge in [0.05, 0.1) is 11.3 Å². The zero-order valence-corrected chi connectivity index (χ0v) is 15.4. The number of Topliss-reactive ketones (excluding diaryl/α,β-unsaturated/α-hetero) is 2. The van der Waals surface area contributed by atoms with Gasteiger partial charge >= 0.3 is 0 Å². The summed E-state index contributed by atoms with van der Waals surface area (Å²) in [5.74, 6) is 0.0292. The van der Waals surface area contributed by atoms with Crippen molar-refractivity contribution in [1.29, 1.82) is 0 Å². The second-order valence-corrected chi connectivity index (χ2v) is 7.06. The molecule has 0 saturated heterocycles. The van der Waals surface area contributed by atoms with Gasteiger partial charge in [0.1, 0.15) is 12.7 Å². The number of hydrogen-bond acceptors (Lipinski definition) is 6. The Morgan fingerprint density at radius 1 is 1.20 bits per heavy atom. The lowest BCUT2D eigenvalue weighted by Gasteiger charge is -2.20. The number of ketones is 2. The Balaban J connectivity index is 2.45. The first-order valence-corrected chi connectivity index (χ1v) is 7.91. The van der Waals surface area contributed by atoms with E-state index in [1.807, 2.05) is 0 Å². The van der Waals surface area contributed by atoms with Gasteiger partial charge in [-0.2, -0.15) is 5.10 Å². The summed E-state index contributed by atoms with van der Waals surface area (Å²) in [5, 5.41) is 4.02. The van der Waals surface area contributed by atoms with E-state index < -0.39 is 5.41 Å². The molecule has 0 aliphatic rings. The van der Waals surface area contributed by atoms with Crippen LogP contribution in [0.15, 0.2) is 36.6 Å². The average molecular weight is 341 g/mol. The van der Waals surface area contributed by atoms with Gasteiger partial charge in [0, 0.05) is 31.3 Å². The number of rotatable bonds is 5. The largest absolute Gasteiger partial charge is 0.383 e. The fourth-order valence-electron chi connectivity index (χ4n) is 2.27. The summed E-state index contributed by atoms with van der Waals surface area (Å²) < 4.78 is 1.51. The number of allylic oxidation sites excluding steroid dienone is 1. The van der Waals surface area contributed by atoms with Crippen LogP contribution in [0.5, 0.6) is 0 Å². The van der Waals surface area contributed by atoms with Crippen LogP contribution < -0.4 is 0 Å². The summed E-state index contributed by atoms with van der Waals surface area (Å²) in [4.78, 5) is 35.7. The van der Waals surface area contributed by atoms with Crippen LogP contribution in [0.3, 0.4) is 0 Å². The molecule has 2 aromatic rings. The smallest absolute Gasteiger partial charge is 0.199 e. The van der Waals surface area contributed by atoms with Gasteiger partial charge in [-0.3, -0.25) is 9.59 Å². The van der Waals surface area contributed by atoms with Gasteiger partial charge in [-0.05, 0) is 19.1 Å². The molecule has 0 bridgehead atoms. The fourth-order valence-corrected chi connectivity index (χ4v) is 2.27. The van der Waals surface area contributed by atoms with Gasteiger partial charge in [0.2, 0.25) is 0 Å². The minimum Gasteiger partial charge on any atom is -0.383 e. The van der Waals surface area contributed by atoms with Crippen molar-refractivity contribution >= 4 is 11.6 Å². The van der Waals surface area contributed by atoms with Crippen LogP contribution >= 0.6 is 0 Å². The Bertz CT molecular complexity index is 814. The molecule has 0 radical (unpaired) electrons. The van der Waals surface area contributed by atoms with E-state index in [0.29, 0.717) is 17.1 Å². The van der Waals surface area contributed by atoms with Crippen LogP contribution in [-0.2, 0) is 4.79 Å². The topological polar surface area (TPSA) is 81.0 Å². The monoisotopic (exact) mass is 341 g/mol. The number of pyridine rings is 1. The molecule has 0 atom stereocenters. The van der Waals surface area contributed by atoms with Crippen LogP contribution in [-0.4, -0.2) is 50.3 Å². The van der Waals surface area contributed by atoms with Gasteiger partial charge in [-0.25, -0.2) is 14.6 Å². The first-order chi connectivity index (χ1) is 11.6. The SMILES string of the molecule is Cc1nc(-n2cncn2)ccc1C(=O)/C(=C\N(C)C)C(=O)C(C)(C)C. The van der Waals surface area contributed by atoms with Crippen LogP contribution in [0.25, 0.3) is 5.82 Å². The van der Waals surface area contributed by atoms with Crippen molar-refractivity contribution in [1.82, 2.24) is 24.6 Å². The highest BCUT2D eigenvalue weighted by Gasteiger charge is 2.30. The molecule has 2 rings (SSSR count). The van der Waals surface area contributed by atoms with Crippen LogP contribution in [0.4, 0.5) is 0 Å². The van der Waals surface area contributed by atoms with Crippen molar-refractivity contribution in [3.05, 3.63) is 47.8 Å². The molecule has 0 amide bonds. The molecule has 0 aliphatic heterocycles. The number of aryl methyl sites for hydroxylation is 1. The lowest BCUT2D eigenvalue weighted by atomic mass is 9.83. The molecule has 7 heteroatoms. The number of hydrogen-bond donors (Lipinski definition) is 0. The molecule has 2 aromatic heterocycles. The number of nitrogens with zero attached hydrogens (tertiary/aromatic N) is 5. The molecule has 0 aliphatic carbocycles. The Morgan fingerprint density at radius 3 is 2.36 bits per heavy atom. The second kappa shape index (κ2) is 6.96. The highest BCUT2D eigenvalue weighted by Crippen LogP contribution is 2.24. The summed E-state index contributed by atoms with van der Waals surface area (Å²) in [6, 6.07) is 3.35. The first-order valence-electron chi connectivity index (χ1n) is 7.91. The van der Waals surface area contributed by atoms with Gasteiger partial charge in [0.25, 0.3) is 0 Å².